The van der Waals surface area contributed by atoms with Crippen molar-refractivity contribution in [3.05, 3.63) is 35.4 Å². The predicted octanol–water partition coefficient (Wildman–Crippen LogP) is 3.97. The van der Waals surface area contributed by atoms with Crippen molar-refractivity contribution < 1.29 is 4.74 Å². The summed E-state index contributed by atoms with van der Waals surface area (Å²) in [5.41, 5.74) is 2.84. The molecule has 1 aromatic carbocycles. The SMILES string of the molecule is CCCNC(Cc1ccc(CC)cc1)C(OCC)C1CC1. The Kier molecular flexibility index (Phi) is 6.72. The van der Waals surface area contributed by atoms with Gasteiger partial charge >= 0.3 is 0 Å². The summed E-state index contributed by atoms with van der Waals surface area (Å²) in [6.07, 6.45) is 6.42. The molecule has 0 heterocycles. The summed E-state index contributed by atoms with van der Waals surface area (Å²) in [6.45, 7) is 8.45. The van der Waals surface area contributed by atoms with Gasteiger partial charge in [-0.25, -0.2) is 0 Å². The first-order valence-corrected chi connectivity index (χ1v) is 8.71. The van der Waals surface area contributed by atoms with Crippen molar-refractivity contribution in [2.45, 2.75) is 65.0 Å². The van der Waals surface area contributed by atoms with Crippen LogP contribution in [-0.2, 0) is 17.6 Å². The van der Waals surface area contributed by atoms with Gasteiger partial charge in [-0.1, -0.05) is 38.1 Å². The molecule has 2 heteroatoms. The maximum Gasteiger partial charge on any atom is 0.0759 e. The highest BCUT2D eigenvalue weighted by Crippen LogP contribution is 2.36. The zero-order valence-corrected chi connectivity index (χ0v) is 13.9. The standard InChI is InChI=1S/C19H31NO/c1-4-13-20-18(19(21-6-3)17-11-12-17)14-16-9-7-15(5-2)8-10-16/h7-10,17-20H,4-6,11-14H2,1-3H3. The van der Waals surface area contributed by atoms with Gasteiger partial charge in [-0.3, -0.25) is 0 Å². The number of aryl methyl sites for hydroxylation is 1. The van der Waals surface area contributed by atoms with Crippen molar-refractivity contribution >= 4 is 0 Å². The van der Waals surface area contributed by atoms with Crippen molar-refractivity contribution in [3.8, 4) is 0 Å². The molecule has 1 fully saturated rings. The Morgan fingerprint density at radius 3 is 2.29 bits per heavy atom. The third-order valence-corrected chi connectivity index (χ3v) is 4.39. The Hall–Kier alpha value is -0.860. The van der Waals surface area contributed by atoms with E-state index in [1.54, 1.807) is 0 Å². The van der Waals surface area contributed by atoms with E-state index in [2.05, 4.69) is 50.4 Å². The molecule has 1 aliphatic carbocycles. The maximum absolute atomic E-state index is 6.08. The van der Waals surface area contributed by atoms with Crippen LogP contribution in [0.15, 0.2) is 24.3 Å². The number of nitrogens with one attached hydrogen (secondary N) is 1. The quantitative estimate of drug-likeness (QED) is 0.703. The first-order chi connectivity index (χ1) is 10.3. The monoisotopic (exact) mass is 289 g/mol. The second kappa shape index (κ2) is 8.55. The van der Waals surface area contributed by atoms with Gasteiger partial charge in [0, 0.05) is 12.6 Å². The molecule has 0 radical (unpaired) electrons. The molecule has 2 rings (SSSR count). The largest absolute Gasteiger partial charge is 0.377 e. The predicted molar refractivity (Wildman–Crippen MR) is 89.7 cm³/mol. The Bertz CT molecular complexity index is 397. The molecule has 0 saturated heterocycles. The van der Waals surface area contributed by atoms with Crippen LogP contribution in [0.1, 0.15) is 51.2 Å². The number of hydrogen-bond acceptors (Lipinski definition) is 2. The normalized spacial score (nSPS) is 17.7. The van der Waals surface area contributed by atoms with Crippen LogP contribution >= 0.6 is 0 Å². The molecule has 2 nitrogen and oxygen atoms in total. The summed E-state index contributed by atoms with van der Waals surface area (Å²) in [5.74, 6) is 0.772. The van der Waals surface area contributed by atoms with Crippen LogP contribution in [0, 0.1) is 5.92 Å². The fourth-order valence-corrected chi connectivity index (χ4v) is 3.00. The molecule has 1 N–H and O–H groups in total. The Morgan fingerprint density at radius 1 is 1.10 bits per heavy atom. The Balaban J connectivity index is 2.02. The van der Waals surface area contributed by atoms with Crippen molar-refractivity contribution in [1.82, 2.24) is 5.32 Å². The van der Waals surface area contributed by atoms with Crippen LogP contribution in [0.3, 0.4) is 0 Å². The minimum Gasteiger partial charge on any atom is -0.377 e. The lowest BCUT2D eigenvalue weighted by Gasteiger charge is -2.28. The van der Waals surface area contributed by atoms with Gasteiger partial charge in [-0.05, 0) is 62.6 Å². The fourth-order valence-electron chi connectivity index (χ4n) is 3.00. The van der Waals surface area contributed by atoms with E-state index in [4.69, 9.17) is 4.74 Å². The molecule has 1 aliphatic rings. The third kappa shape index (κ3) is 5.12. The van der Waals surface area contributed by atoms with Gasteiger partial charge in [-0.15, -0.1) is 0 Å². The summed E-state index contributed by atoms with van der Waals surface area (Å²) in [7, 11) is 0. The van der Waals surface area contributed by atoms with Crippen LogP contribution < -0.4 is 5.32 Å². The summed E-state index contributed by atoms with van der Waals surface area (Å²) in [6, 6.07) is 9.55. The fraction of sp³-hybridized carbons (Fsp3) is 0.684. The summed E-state index contributed by atoms with van der Waals surface area (Å²) < 4.78 is 6.08. The molecule has 0 aromatic heterocycles. The van der Waals surface area contributed by atoms with Crippen LogP contribution in [0.4, 0.5) is 0 Å². The van der Waals surface area contributed by atoms with E-state index in [0.717, 1.165) is 31.9 Å². The zero-order chi connectivity index (χ0) is 15.1. The molecule has 1 aromatic rings. The summed E-state index contributed by atoms with van der Waals surface area (Å²) in [5, 5.41) is 3.73. The summed E-state index contributed by atoms with van der Waals surface area (Å²) in [4.78, 5) is 0. The Labute approximate surface area is 130 Å². The van der Waals surface area contributed by atoms with Gasteiger partial charge in [0.1, 0.15) is 0 Å². The molecule has 0 amide bonds. The number of hydrogen-bond donors (Lipinski definition) is 1. The van der Waals surface area contributed by atoms with Crippen molar-refractivity contribution in [2.75, 3.05) is 13.2 Å². The minimum atomic E-state index is 0.382. The number of ether oxygens (including phenoxy) is 1. The molecule has 0 bridgehead atoms. The molecular weight excluding hydrogens is 258 g/mol. The van der Waals surface area contributed by atoms with Crippen LogP contribution in [0.5, 0.6) is 0 Å². The molecule has 0 spiro atoms. The first kappa shape index (κ1) is 16.5. The topological polar surface area (TPSA) is 21.3 Å². The number of rotatable bonds is 10. The zero-order valence-electron chi connectivity index (χ0n) is 13.9. The van der Waals surface area contributed by atoms with Crippen LogP contribution in [0.25, 0.3) is 0 Å². The smallest absolute Gasteiger partial charge is 0.0759 e. The van der Waals surface area contributed by atoms with E-state index in [1.807, 2.05) is 0 Å². The van der Waals surface area contributed by atoms with Crippen LogP contribution in [0.2, 0.25) is 0 Å². The molecular formula is C19H31NO. The first-order valence-electron chi connectivity index (χ1n) is 8.71. The average Bonchev–Trinajstić information content (AvgIpc) is 3.34. The maximum atomic E-state index is 6.08. The molecule has 1 saturated carbocycles. The van der Waals surface area contributed by atoms with Gasteiger partial charge in [0.15, 0.2) is 0 Å². The lowest BCUT2D eigenvalue weighted by Crippen LogP contribution is -2.44. The van der Waals surface area contributed by atoms with Crippen LogP contribution in [-0.4, -0.2) is 25.3 Å². The Morgan fingerprint density at radius 2 is 1.76 bits per heavy atom. The highest BCUT2D eigenvalue weighted by atomic mass is 16.5. The highest BCUT2D eigenvalue weighted by molar-refractivity contribution is 5.23. The van der Waals surface area contributed by atoms with Gasteiger partial charge in [-0.2, -0.15) is 0 Å². The summed E-state index contributed by atoms with van der Waals surface area (Å²) >= 11 is 0. The van der Waals surface area contributed by atoms with E-state index in [-0.39, 0.29) is 0 Å². The van der Waals surface area contributed by atoms with Crippen molar-refractivity contribution in [3.63, 3.8) is 0 Å². The lowest BCUT2D eigenvalue weighted by molar-refractivity contribution is 0.0192. The third-order valence-electron chi connectivity index (χ3n) is 4.39. The van der Waals surface area contributed by atoms with Crippen molar-refractivity contribution in [2.24, 2.45) is 5.92 Å². The second-order valence-electron chi connectivity index (χ2n) is 6.19. The molecule has 21 heavy (non-hydrogen) atoms. The van der Waals surface area contributed by atoms with Gasteiger partial charge in [0.25, 0.3) is 0 Å². The second-order valence-corrected chi connectivity index (χ2v) is 6.19. The minimum absolute atomic E-state index is 0.382. The van der Waals surface area contributed by atoms with Gasteiger partial charge in [0.05, 0.1) is 6.10 Å². The van der Waals surface area contributed by atoms with E-state index < -0.39 is 0 Å². The van der Waals surface area contributed by atoms with Crippen molar-refractivity contribution in [1.29, 1.82) is 0 Å². The highest BCUT2D eigenvalue weighted by Gasteiger charge is 2.36. The average molecular weight is 289 g/mol. The van der Waals surface area contributed by atoms with E-state index in [0.29, 0.717) is 12.1 Å². The lowest BCUT2D eigenvalue weighted by atomic mass is 9.97. The molecule has 2 unspecified atom stereocenters. The van der Waals surface area contributed by atoms with Gasteiger partial charge < -0.3 is 10.1 Å². The molecule has 2 atom stereocenters. The number of benzene rings is 1. The van der Waals surface area contributed by atoms with E-state index in [9.17, 15) is 0 Å². The van der Waals surface area contributed by atoms with E-state index >= 15 is 0 Å². The molecule has 118 valence electrons. The van der Waals surface area contributed by atoms with E-state index in [1.165, 1.54) is 30.4 Å². The molecule has 0 aliphatic heterocycles. The van der Waals surface area contributed by atoms with Gasteiger partial charge in [0.2, 0.25) is 0 Å².